The van der Waals surface area contributed by atoms with Crippen molar-refractivity contribution in [2.75, 3.05) is 13.1 Å². The van der Waals surface area contributed by atoms with Gasteiger partial charge in [-0.2, -0.15) is 0 Å². The highest BCUT2D eigenvalue weighted by molar-refractivity contribution is 6.31. The maximum atomic E-state index is 12.4. The maximum Gasteiger partial charge on any atom is 0.343 e. The van der Waals surface area contributed by atoms with Gasteiger partial charge in [0, 0.05) is 17.8 Å². The van der Waals surface area contributed by atoms with Gasteiger partial charge >= 0.3 is 5.97 Å². The minimum Gasteiger partial charge on any atom is -0.423 e. The van der Waals surface area contributed by atoms with Gasteiger partial charge in [0.15, 0.2) is 0 Å². The fourth-order valence-electron chi connectivity index (χ4n) is 3.12. The molecule has 0 saturated carbocycles. The first-order valence-corrected chi connectivity index (χ1v) is 10.8. The number of hydrogen-bond acceptors (Lipinski definition) is 4. The number of hydrogen-bond donors (Lipinski definition) is 0. The van der Waals surface area contributed by atoms with Gasteiger partial charge in [0.1, 0.15) is 5.75 Å². The lowest BCUT2D eigenvalue weighted by Crippen LogP contribution is -2.21. The minimum atomic E-state index is -0.422. The Balaban J connectivity index is 1.69. The lowest BCUT2D eigenvalue weighted by molar-refractivity contribution is 0.0735. The van der Waals surface area contributed by atoms with E-state index in [9.17, 15) is 4.79 Å². The van der Waals surface area contributed by atoms with Gasteiger partial charge in [-0.15, -0.1) is 0 Å². The van der Waals surface area contributed by atoms with Crippen molar-refractivity contribution in [1.82, 2.24) is 4.90 Å². The van der Waals surface area contributed by atoms with Crippen LogP contribution in [-0.2, 0) is 6.54 Å². The summed E-state index contributed by atoms with van der Waals surface area (Å²) in [7, 11) is 0. The van der Waals surface area contributed by atoms with Crippen LogP contribution in [0.4, 0.5) is 5.69 Å². The summed E-state index contributed by atoms with van der Waals surface area (Å²) < 4.78 is 5.50. The Morgan fingerprint density at radius 3 is 2.32 bits per heavy atom. The van der Waals surface area contributed by atoms with Crippen LogP contribution in [0.25, 0.3) is 0 Å². The Morgan fingerprint density at radius 1 is 1.00 bits per heavy atom. The van der Waals surface area contributed by atoms with Gasteiger partial charge in [0.2, 0.25) is 0 Å². The highest BCUT2D eigenvalue weighted by atomic mass is 35.5. The molecule has 3 rings (SSSR count). The number of esters is 1. The summed E-state index contributed by atoms with van der Waals surface area (Å²) in [6, 6.07) is 20.6. The lowest BCUT2D eigenvalue weighted by Gasteiger charge is -2.17. The van der Waals surface area contributed by atoms with Crippen LogP contribution >= 0.6 is 11.6 Å². The predicted molar refractivity (Wildman–Crippen MR) is 128 cm³/mol. The summed E-state index contributed by atoms with van der Waals surface area (Å²) >= 11 is 6.22. The van der Waals surface area contributed by atoms with Crippen LogP contribution in [0.2, 0.25) is 5.02 Å². The third kappa shape index (κ3) is 6.78. The molecule has 5 heteroatoms. The molecule has 0 bridgehead atoms. The molecule has 0 aliphatic rings. The van der Waals surface area contributed by atoms with Crippen LogP contribution in [0, 0.1) is 6.92 Å². The van der Waals surface area contributed by atoms with E-state index in [0.29, 0.717) is 16.3 Å². The Bertz CT molecular complexity index is 1040. The number of ether oxygens (including phenoxy) is 1. The zero-order valence-electron chi connectivity index (χ0n) is 18.1. The van der Waals surface area contributed by atoms with E-state index >= 15 is 0 Å². The fourth-order valence-corrected chi connectivity index (χ4v) is 3.35. The minimum absolute atomic E-state index is 0.383. The van der Waals surface area contributed by atoms with E-state index in [-0.39, 0.29) is 0 Å². The second-order valence-electron chi connectivity index (χ2n) is 7.36. The number of rotatable bonds is 8. The third-order valence-corrected chi connectivity index (χ3v) is 5.21. The van der Waals surface area contributed by atoms with Crippen LogP contribution in [0.3, 0.4) is 0 Å². The Labute approximate surface area is 189 Å². The number of benzene rings is 3. The van der Waals surface area contributed by atoms with E-state index in [2.05, 4.69) is 35.9 Å². The first-order valence-electron chi connectivity index (χ1n) is 10.4. The Hall–Kier alpha value is -2.95. The summed E-state index contributed by atoms with van der Waals surface area (Å²) in [5.41, 5.74) is 4.44. The highest BCUT2D eigenvalue weighted by Crippen LogP contribution is 2.22. The summed E-state index contributed by atoms with van der Waals surface area (Å²) in [4.78, 5) is 19.3. The first-order chi connectivity index (χ1) is 15.0. The van der Waals surface area contributed by atoms with Gasteiger partial charge in [-0.3, -0.25) is 9.89 Å². The van der Waals surface area contributed by atoms with Crippen molar-refractivity contribution in [2.24, 2.45) is 4.99 Å². The molecule has 31 heavy (non-hydrogen) atoms. The van der Waals surface area contributed by atoms with Gasteiger partial charge in [0.05, 0.1) is 11.3 Å². The van der Waals surface area contributed by atoms with Crippen molar-refractivity contribution in [2.45, 2.75) is 27.3 Å². The van der Waals surface area contributed by atoms with Crippen LogP contribution in [-0.4, -0.2) is 30.2 Å². The van der Waals surface area contributed by atoms with Gasteiger partial charge in [-0.1, -0.05) is 55.3 Å². The standard InChI is InChI=1S/C26H27ClN2O2/c1-4-29(5-2)18-20-8-12-24(13-9-20)28-17-21-14-23(27)16-25(15-21)31-26(30)22-10-6-19(3)7-11-22/h6-17H,4-5,18H2,1-3H3. The molecule has 0 aliphatic heterocycles. The first kappa shape index (κ1) is 22.7. The number of carbonyl (C=O) groups is 1. The molecular formula is C26H27ClN2O2. The van der Waals surface area contributed by atoms with E-state index in [1.807, 2.05) is 31.2 Å². The molecule has 0 saturated heterocycles. The smallest absolute Gasteiger partial charge is 0.343 e. The van der Waals surface area contributed by atoms with Gasteiger partial charge in [0.25, 0.3) is 0 Å². The second-order valence-corrected chi connectivity index (χ2v) is 7.80. The number of carbonyl (C=O) groups excluding carboxylic acids is 1. The summed E-state index contributed by atoms with van der Waals surface area (Å²) in [6.07, 6.45) is 1.72. The molecule has 0 amide bonds. The molecule has 0 spiro atoms. The molecule has 0 heterocycles. The number of halogens is 1. The molecule has 0 radical (unpaired) electrons. The van der Waals surface area contributed by atoms with Crippen LogP contribution in [0.1, 0.15) is 40.9 Å². The van der Waals surface area contributed by atoms with Crippen molar-refractivity contribution in [1.29, 1.82) is 0 Å². The summed E-state index contributed by atoms with van der Waals surface area (Å²) in [5, 5.41) is 0.477. The van der Waals surface area contributed by atoms with Gasteiger partial charge in [-0.05, 0) is 73.6 Å². The topological polar surface area (TPSA) is 41.9 Å². The molecular weight excluding hydrogens is 408 g/mol. The average Bonchev–Trinajstić information content (AvgIpc) is 2.77. The van der Waals surface area contributed by atoms with Crippen LogP contribution in [0.15, 0.2) is 71.7 Å². The highest BCUT2D eigenvalue weighted by Gasteiger charge is 2.09. The normalized spacial score (nSPS) is 11.3. The summed E-state index contributed by atoms with van der Waals surface area (Å²) in [6.45, 7) is 9.29. The van der Waals surface area contributed by atoms with Crippen molar-refractivity contribution in [3.05, 3.63) is 94.0 Å². The molecule has 3 aromatic carbocycles. The maximum absolute atomic E-state index is 12.4. The van der Waals surface area contributed by atoms with Crippen molar-refractivity contribution in [3.63, 3.8) is 0 Å². The van der Waals surface area contributed by atoms with E-state index in [1.165, 1.54) is 5.56 Å². The molecule has 0 aromatic heterocycles. The molecule has 0 aliphatic carbocycles. The molecule has 0 N–H and O–H groups in total. The van der Waals surface area contributed by atoms with Crippen molar-refractivity contribution in [3.8, 4) is 5.75 Å². The largest absolute Gasteiger partial charge is 0.423 e. The van der Waals surface area contributed by atoms with E-state index in [1.54, 1.807) is 36.5 Å². The zero-order valence-corrected chi connectivity index (χ0v) is 18.9. The molecule has 0 unspecified atom stereocenters. The van der Waals surface area contributed by atoms with Crippen molar-refractivity contribution >= 4 is 29.5 Å². The Kier molecular flexibility index (Phi) is 7.99. The molecule has 0 atom stereocenters. The number of aliphatic imine (C=N–C) groups is 1. The molecule has 4 nitrogen and oxygen atoms in total. The van der Waals surface area contributed by atoms with Gasteiger partial charge in [-0.25, -0.2) is 4.79 Å². The Morgan fingerprint density at radius 2 is 1.68 bits per heavy atom. The lowest BCUT2D eigenvalue weighted by atomic mass is 10.1. The van der Waals surface area contributed by atoms with E-state index in [4.69, 9.17) is 16.3 Å². The quantitative estimate of drug-likeness (QED) is 0.232. The number of aryl methyl sites for hydroxylation is 1. The van der Waals surface area contributed by atoms with Crippen LogP contribution < -0.4 is 4.74 Å². The zero-order chi connectivity index (χ0) is 22.2. The van der Waals surface area contributed by atoms with E-state index < -0.39 is 5.97 Å². The van der Waals surface area contributed by atoms with Crippen molar-refractivity contribution < 1.29 is 9.53 Å². The average molecular weight is 435 g/mol. The predicted octanol–water partition coefficient (Wildman–Crippen LogP) is 6.46. The second kappa shape index (κ2) is 10.9. The fraction of sp³-hybridized carbons (Fsp3) is 0.231. The molecule has 0 fully saturated rings. The summed E-state index contributed by atoms with van der Waals surface area (Å²) in [5.74, 6) is -0.0388. The van der Waals surface area contributed by atoms with Gasteiger partial charge < -0.3 is 4.74 Å². The number of nitrogens with zero attached hydrogens (tertiary/aromatic N) is 2. The monoisotopic (exact) mass is 434 g/mol. The van der Waals surface area contributed by atoms with Crippen LogP contribution in [0.5, 0.6) is 5.75 Å². The molecule has 160 valence electrons. The van der Waals surface area contributed by atoms with E-state index in [0.717, 1.165) is 36.4 Å². The molecule has 3 aromatic rings. The SMILES string of the molecule is CCN(CC)Cc1ccc(N=Cc2cc(Cl)cc(OC(=O)c3ccc(C)cc3)c2)cc1. The third-order valence-electron chi connectivity index (χ3n) is 4.99.